The maximum absolute atomic E-state index is 13.2. The van der Waals surface area contributed by atoms with Crippen LogP contribution in [0.15, 0.2) is 60.7 Å². The van der Waals surface area contributed by atoms with E-state index in [1.807, 2.05) is 38.1 Å². The Kier molecular flexibility index (Phi) is 3.36. The zero-order valence-corrected chi connectivity index (χ0v) is 15.4. The van der Waals surface area contributed by atoms with Gasteiger partial charge in [0.15, 0.2) is 0 Å². The fourth-order valence-corrected chi connectivity index (χ4v) is 4.96. The summed E-state index contributed by atoms with van der Waals surface area (Å²) in [4.78, 5) is 27.6. The number of carbonyl (C=O) groups is 2. The number of aryl methyl sites for hydroxylation is 1. The Morgan fingerprint density at radius 3 is 2.22 bits per heavy atom. The molecule has 2 bridgehead atoms. The fourth-order valence-electron chi connectivity index (χ4n) is 4.96. The van der Waals surface area contributed by atoms with Crippen LogP contribution in [0.5, 0.6) is 11.5 Å². The quantitative estimate of drug-likeness (QED) is 0.599. The molecule has 4 atom stereocenters. The normalized spacial score (nSPS) is 30.9. The number of rotatable bonds is 3. The number of ether oxygens (including phenoxy) is 1. The van der Waals surface area contributed by atoms with Crippen LogP contribution >= 0.6 is 0 Å². The lowest BCUT2D eigenvalue weighted by Crippen LogP contribution is -2.37. The summed E-state index contributed by atoms with van der Waals surface area (Å²) in [5.41, 5.74) is 1.20. The number of hydrogen-bond donors (Lipinski definition) is 0. The molecule has 27 heavy (non-hydrogen) atoms. The number of hydrogen-bond acceptors (Lipinski definition) is 3. The Balaban J connectivity index is 1.40. The topological polar surface area (TPSA) is 46.6 Å². The average molecular weight is 359 g/mol. The van der Waals surface area contributed by atoms with Gasteiger partial charge in [0.2, 0.25) is 11.8 Å². The summed E-state index contributed by atoms with van der Waals surface area (Å²) in [6.45, 7) is 3.99. The van der Waals surface area contributed by atoms with E-state index in [1.54, 1.807) is 24.3 Å². The molecule has 0 N–H and O–H groups in total. The van der Waals surface area contributed by atoms with Gasteiger partial charge in [-0.05, 0) is 68.5 Å². The second-order valence-electron chi connectivity index (χ2n) is 8.04. The van der Waals surface area contributed by atoms with Gasteiger partial charge in [-0.2, -0.15) is 0 Å². The van der Waals surface area contributed by atoms with Crippen molar-refractivity contribution in [3.63, 3.8) is 0 Å². The van der Waals surface area contributed by atoms with Crippen molar-refractivity contribution in [1.82, 2.24) is 0 Å². The largest absolute Gasteiger partial charge is 0.457 e. The van der Waals surface area contributed by atoms with Crippen LogP contribution < -0.4 is 9.64 Å². The number of nitrogens with zero attached hydrogens (tertiary/aromatic N) is 1. The van der Waals surface area contributed by atoms with Crippen molar-refractivity contribution in [3.8, 4) is 11.5 Å². The first-order valence-corrected chi connectivity index (χ1v) is 9.40. The minimum absolute atomic E-state index is 0.0634. The zero-order chi connectivity index (χ0) is 18.8. The highest BCUT2D eigenvalue weighted by atomic mass is 16.5. The summed E-state index contributed by atoms with van der Waals surface area (Å²) in [5, 5.41) is 0. The first-order chi connectivity index (χ1) is 13.0. The molecule has 5 rings (SSSR count). The Hall–Kier alpha value is -2.88. The van der Waals surface area contributed by atoms with Gasteiger partial charge in [-0.25, -0.2) is 4.90 Å². The second kappa shape index (κ2) is 5.56. The molecule has 2 amide bonds. The van der Waals surface area contributed by atoms with Crippen LogP contribution in [0.2, 0.25) is 0 Å². The maximum atomic E-state index is 13.2. The lowest BCUT2D eigenvalue weighted by Gasteiger charge is -2.28. The molecular weight excluding hydrogens is 338 g/mol. The molecule has 1 saturated heterocycles. The number of fused-ring (bicyclic) bond motifs is 5. The number of amides is 2. The first-order valence-electron chi connectivity index (χ1n) is 9.40. The number of anilines is 1. The monoisotopic (exact) mass is 359 g/mol. The smallest absolute Gasteiger partial charge is 0.241 e. The van der Waals surface area contributed by atoms with E-state index >= 15 is 0 Å². The molecule has 2 aliphatic carbocycles. The minimum Gasteiger partial charge on any atom is -0.457 e. The highest BCUT2D eigenvalue weighted by molar-refractivity contribution is 6.24. The van der Waals surface area contributed by atoms with Crippen molar-refractivity contribution >= 4 is 17.5 Å². The summed E-state index contributed by atoms with van der Waals surface area (Å²) in [6, 6.07) is 15.0. The number of imide groups is 1. The predicted octanol–water partition coefficient (Wildman–Crippen LogP) is 4.49. The summed E-state index contributed by atoms with van der Waals surface area (Å²) in [6.07, 6.45) is 5.16. The number of allylic oxidation sites excluding steroid dienone is 2. The average Bonchev–Trinajstić information content (AvgIpc) is 3.30. The van der Waals surface area contributed by atoms with Crippen molar-refractivity contribution in [2.45, 2.75) is 20.3 Å². The Morgan fingerprint density at radius 1 is 0.963 bits per heavy atom. The highest BCUT2D eigenvalue weighted by Gasteiger charge is 2.67. The van der Waals surface area contributed by atoms with Gasteiger partial charge in [0, 0.05) is 0 Å². The molecule has 1 aliphatic heterocycles. The molecule has 4 nitrogen and oxygen atoms in total. The van der Waals surface area contributed by atoms with Crippen LogP contribution in [-0.4, -0.2) is 11.8 Å². The van der Waals surface area contributed by atoms with E-state index in [-0.39, 0.29) is 29.6 Å². The van der Waals surface area contributed by atoms with Crippen LogP contribution in [0.1, 0.15) is 18.9 Å². The Labute approximate surface area is 158 Å². The summed E-state index contributed by atoms with van der Waals surface area (Å²) in [7, 11) is 0. The summed E-state index contributed by atoms with van der Waals surface area (Å²) >= 11 is 0. The van der Waals surface area contributed by atoms with Crippen LogP contribution in [0, 0.1) is 30.1 Å². The molecule has 0 spiro atoms. The molecule has 3 aliphatic rings. The fraction of sp³-hybridized carbons (Fsp3) is 0.304. The molecule has 2 aromatic carbocycles. The second-order valence-corrected chi connectivity index (χ2v) is 8.04. The van der Waals surface area contributed by atoms with Gasteiger partial charge in [0.25, 0.3) is 0 Å². The van der Waals surface area contributed by atoms with E-state index in [9.17, 15) is 9.59 Å². The molecule has 0 radical (unpaired) electrons. The molecule has 136 valence electrons. The summed E-state index contributed by atoms with van der Waals surface area (Å²) in [5.74, 6) is 1.46. The Bertz CT molecular complexity index is 960. The van der Waals surface area contributed by atoms with E-state index in [0.29, 0.717) is 11.4 Å². The molecule has 2 aromatic rings. The van der Waals surface area contributed by atoms with Gasteiger partial charge in [0.1, 0.15) is 11.5 Å². The third-order valence-electron chi connectivity index (χ3n) is 6.46. The molecular formula is C23H21NO3. The molecule has 1 saturated carbocycles. The minimum atomic E-state index is -0.590. The van der Waals surface area contributed by atoms with Crippen molar-refractivity contribution in [1.29, 1.82) is 0 Å². The molecule has 4 heteroatoms. The Morgan fingerprint density at radius 2 is 1.59 bits per heavy atom. The predicted molar refractivity (Wildman–Crippen MR) is 103 cm³/mol. The number of benzene rings is 2. The standard InChI is InChI=1S/C23H21NO3/c1-14-3-9-18(10-4-14)27-19-11-7-17(8-12-19)24-21(25)20-15-5-6-16(13-15)23(20,2)22(24)26/h3-12,15-16,20H,13H2,1-2H3/t15-,16-,20+,23+/m1/s1. The molecule has 1 heterocycles. The third kappa shape index (κ3) is 2.22. The highest BCUT2D eigenvalue weighted by Crippen LogP contribution is 2.60. The zero-order valence-electron chi connectivity index (χ0n) is 15.4. The van der Waals surface area contributed by atoms with Gasteiger partial charge in [-0.3, -0.25) is 9.59 Å². The van der Waals surface area contributed by atoms with Crippen LogP contribution in [0.3, 0.4) is 0 Å². The third-order valence-corrected chi connectivity index (χ3v) is 6.46. The molecule has 0 unspecified atom stereocenters. The van der Waals surface area contributed by atoms with Gasteiger partial charge < -0.3 is 4.74 Å². The lowest BCUT2D eigenvalue weighted by atomic mass is 9.71. The lowest BCUT2D eigenvalue weighted by molar-refractivity contribution is -0.127. The van der Waals surface area contributed by atoms with Gasteiger partial charge in [-0.15, -0.1) is 0 Å². The number of carbonyl (C=O) groups excluding carboxylic acids is 2. The van der Waals surface area contributed by atoms with Gasteiger partial charge >= 0.3 is 0 Å². The van der Waals surface area contributed by atoms with Gasteiger partial charge in [0.05, 0.1) is 17.0 Å². The van der Waals surface area contributed by atoms with Crippen molar-refractivity contribution in [2.24, 2.45) is 23.2 Å². The molecule has 0 aromatic heterocycles. The van der Waals surface area contributed by atoms with Crippen LogP contribution in [-0.2, 0) is 9.59 Å². The van der Waals surface area contributed by atoms with E-state index in [1.165, 1.54) is 10.5 Å². The van der Waals surface area contributed by atoms with Crippen LogP contribution in [0.25, 0.3) is 0 Å². The van der Waals surface area contributed by atoms with E-state index in [0.717, 1.165) is 12.2 Å². The van der Waals surface area contributed by atoms with E-state index in [2.05, 4.69) is 12.2 Å². The van der Waals surface area contributed by atoms with Crippen molar-refractivity contribution in [3.05, 3.63) is 66.2 Å². The maximum Gasteiger partial charge on any atom is 0.241 e. The van der Waals surface area contributed by atoms with E-state index < -0.39 is 5.41 Å². The van der Waals surface area contributed by atoms with E-state index in [4.69, 9.17) is 4.74 Å². The van der Waals surface area contributed by atoms with Crippen LogP contribution in [0.4, 0.5) is 5.69 Å². The molecule has 2 fully saturated rings. The van der Waals surface area contributed by atoms with Crippen molar-refractivity contribution < 1.29 is 14.3 Å². The SMILES string of the molecule is Cc1ccc(Oc2ccc(N3C(=O)[C@@H]4[C@@H]5C=C[C@H](C5)[C@]4(C)C3=O)cc2)cc1. The van der Waals surface area contributed by atoms with Crippen molar-refractivity contribution in [2.75, 3.05) is 4.90 Å². The van der Waals surface area contributed by atoms with Gasteiger partial charge in [-0.1, -0.05) is 29.8 Å². The summed E-state index contributed by atoms with van der Waals surface area (Å²) < 4.78 is 5.84. The first kappa shape index (κ1) is 16.3.